The number of hydrogen-bond donors (Lipinski definition) is 8. The minimum absolute atomic E-state index is 0.0245. The summed E-state index contributed by atoms with van der Waals surface area (Å²) < 4.78 is 0. The Balaban J connectivity index is 3.07. The Labute approximate surface area is 239 Å². The van der Waals surface area contributed by atoms with Gasteiger partial charge in [-0.15, -0.1) is 0 Å². The third kappa shape index (κ3) is 13.5. The van der Waals surface area contributed by atoms with Crippen LogP contribution in [0.5, 0.6) is 5.75 Å². The summed E-state index contributed by atoms with van der Waals surface area (Å²) in [4.78, 5) is 55.0. The Morgan fingerprint density at radius 1 is 0.925 bits per heavy atom. The molecule has 0 bridgehead atoms. The van der Waals surface area contributed by atoms with Gasteiger partial charge in [0.25, 0.3) is 0 Å². The number of aliphatic carboxylic acids is 1. The fourth-order valence-corrected chi connectivity index (χ4v) is 4.23. The van der Waals surface area contributed by atoms with Crippen LogP contribution in [0.2, 0.25) is 0 Å². The van der Waals surface area contributed by atoms with Crippen molar-refractivity contribution in [3.63, 3.8) is 0 Å². The average molecular weight is 582 g/mol. The van der Waals surface area contributed by atoms with Gasteiger partial charge in [0.2, 0.25) is 17.7 Å². The summed E-state index contributed by atoms with van der Waals surface area (Å²) in [6, 6.07) is 1.77. The first-order valence-electron chi connectivity index (χ1n) is 13.1. The monoisotopic (exact) mass is 581 g/mol. The number of aliphatic imine (C=N–C) groups is 1. The third-order valence-corrected chi connectivity index (χ3v) is 6.52. The number of rotatable bonds is 18. The number of aromatic hydroxyl groups is 1. The predicted octanol–water partition coefficient (Wildman–Crippen LogP) is -0.346. The number of carboxylic acids is 1. The smallest absolute Gasteiger partial charge is 0.326 e. The van der Waals surface area contributed by atoms with Crippen molar-refractivity contribution in [1.29, 1.82) is 0 Å². The second-order valence-corrected chi connectivity index (χ2v) is 10.8. The van der Waals surface area contributed by atoms with Crippen LogP contribution in [-0.4, -0.2) is 82.6 Å². The quantitative estimate of drug-likeness (QED) is 0.0637. The zero-order chi connectivity index (χ0) is 30.2. The molecule has 1 aromatic carbocycles. The van der Waals surface area contributed by atoms with E-state index in [1.54, 1.807) is 23.9 Å². The molecule has 0 spiro atoms. The number of carbonyl (C=O) groups excluding carboxylic acids is 3. The summed E-state index contributed by atoms with van der Waals surface area (Å²) >= 11 is 1.55. The molecule has 1 rings (SSSR count). The van der Waals surface area contributed by atoms with Gasteiger partial charge in [0.15, 0.2) is 5.96 Å². The summed E-state index contributed by atoms with van der Waals surface area (Å²) in [5.74, 6) is -2.42. The van der Waals surface area contributed by atoms with Crippen LogP contribution in [0.1, 0.15) is 45.1 Å². The zero-order valence-corrected chi connectivity index (χ0v) is 24.1. The summed E-state index contributed by atoms with van der Waals surface area (Å²) in [6.45, 7) is 3.97. The van der Waals surface area contributed by atoms with E-state index in [0.717, 1.165) is 0 Å². The highest BCUT2D eigenvalue weighted by molar-refractivity contribution is 7.98. The zero-order valence-electron chi connectivity index (χ0n) is 23.3. The Hall–Kier alpha value is -3.52. The maximum Gasteiger partial charge on any atom is 0.326 e. The van der Waals surface area contributed by atoms with Gasteiger partial charge in [0.05, 0.1) is 6.04 Å². The van der Waals surface area contributed by atoms with Crippen molar-refractivity contribution in [2.75, 3.05) is 18.6 Å². The second-order valence-electron chi connectivity index (χ2n) is 9.86. The van der Waals surface area contributed by atoms with Gasteiger partial charge < -0.3 is 43.4 Å². The van der Waals surface area contributed by atoms with Crippen LogP contribution >= 0.6 is 11.8 Å². The molecule has 0 radical (unpaired) electrons. The predicted molar refractivity (Wildman–Crippen MR) is 156 cm³/mol. The molecule has 4 atom stereocenters. The number of nitrogens with one attached hydrogen (secondary N) is 3. The van der Waals surface area contributed by atoms with Crippen molar-refractivity contribution < 1.29 is 29.4 Å². The summed E-state index contributed by atoms with van der Waals surface area (Å²) in [6.07, 6.45) is 3.01. The van der Waals surface area contributed by atoms with Crippen molar-refractivity contribution >= 4 is 41.4 Å². The number of thioether (sulfide) groups is 1. The third-order valence-electron chi connectivity index (χ3n) is 5.88. The maximum absolute atomic E-state index is 13.3. The molecule has 0 aliphatic carbocycles. The molecule has 0 fully saturated rings. The number of carbonyl (C=O) groups is 4. The van der Waals surface area contributed by atoms with Crippen LogP contribution in [0.4, 0.5) is 0 Å². The molecule has 3 amide bonds. The lowest BCUT2D eigenvalue weighted by Gasteiger charge is -2.26. The van der Waals surface area contributed by atoms with Crippen LogP contribution in [0.25, 0.3) is 0 Å². The Morgan fingerprint density at radius 3 is 2.05 bits per heavy atom. The van der Waals surface area contributed by atoms with Crippen molar-refractivity contribution in [2.24, 2.45) is 28.1 Å². The standard InChI is InChI=1S/C26H43N7O6S/c1-15(2)13-20(32-22(35)18(27)10-12-40-3)24(37)31-19(5-4-11-30-26(28)29)23(36)33-21(25(38)39)14-16-6-8-17(34)9-7-16/h6-9,15,18-21,34H,4-5,10-14,27H2,1-3H3,(H,31,37)(H,32,35)(H,33,36)(H,38,39)(H4,28,29,30). The number of nitrogens with zero attached hydrogens (tertiary/aromatic N) is 1. The molecule has 0 aliphatic rings. The van der Waals surface area contributed by atoms with E-state index in [2.05, 4.69) is 20.9 Å². The molecular formula is C26H43N7O6S. The highest BCUT2D eigenvalue weighted by Gasteiger charge is 2.30. The summed E-state index contributed by atoms with van der Waals surface area (Å²) in [5.41, 5.74) is 17.3. The molecule has 0 heterocycles. The average Bonchev–Trinajstić information content (AvgIpc) is 2.88. The van der Waals surface area contributed by atoms with E-state index < -0.39 is 47.9 Å². The van der Waals surface area contributed by atoms with Gasteiger partial charge in [-0.2, -0.15) is 11.8 Å². The van der Waals surface area contributed by atoms with Crippen molar-refractivity contribution in [1.82, 2.24) is 16.0 Å². The van der Waals surface area contributed by atoms with Crippen molar-refractivity contribution in [2.45, 2.75) is 70.1 Å². The van der Waals surface area contributed by atoms with Crippen LogP contribution in [0.15, 0.2) is 29.3 Å². The molecule has 0 aromatic heterocycles. The molecule has 11 N–H and O–H groups in total. The van der Waals surface area contributed by atoms with Crippen LogP contribution in [-0.2, 0) is 25.6 Å². The second kappa shape index (κ2) is 17.9. The Kier molecular flexibility index (Phi) is 15.5. The molecule has 1 aromatic rings. The fraction of sp³-hybridized carbons (Fsp3) is 0.577. The Bertz CT molecular complexity index is 1000. The fourth-order valence-electron chi connectivity index (χ4n) is 3.74. The van der Waals surface area contributed by atoms with E-state index in [4.69, 9.17) is 17.2 Å². The van der Waals surface area contributed by atoms with Gasteiger partial charge in [0, 0.05) is 13.0 Å². The molecular weight excluding hydrogens is 538 g/mol. The number of phenols is 1. The van der Waals surface area contributed by atoms with E-state index in [9.17, 15) is 29.4 Å². The normalized spacial score (nSPS) is 13.9. The molecule has 0 saturated heterocycles. The maximum atomic E-state index is 13.3. The summed E-state index contributed by atoms with van der Waals surface area (Å²) in [7, 11) is 0. The first-order valence-corrected chi connectivity index (χ1v) is 14.4. The van der Waals surface area contributed by atoms with Gasteiger partial charge in [-0.3, -0.25) is 19.4 Å². The van der Waals surface area contributed by atoms with Gasteiger partial charge in [-0.25, -0.2) is 4.79 Å². The molecule has 13 nitrogen and oxygen atoms in total. The van der Waals surface area contributed by atoms with Crippen LogP contribution in [0.3, 0.4) is 0 Å². The molecule has 0 saturated carbocycles. The molecule has 224 valence electrons. The minimum Gasteiger partial charge on any atom is -0.508 e. The van der Waals surface area contributed by atoms with E-state index in [1.807, 2.05) is 20.1 Å². The lowest BCUT2D eigenvalue weighted by Crippen LogP contribution is -2.57. The van der Waals surface area contributed by atoms with Gasteiger partial charge >= 0.3 is 5.97 Å². The largest absolute Gasteiger partial charge is 0.508 e. The molecule has 0 aliphatic heterocycles. The SMILES string of the molecule is CSCCC(N)C(=O)NC(CC(C)C)C(=O)NC(CCCN=C(N)N)C(=O)NC(Cc1ccc(O)cc1)C(=O)O. The number of guanidine groups is 1. The Morgan fingerprint density at radius 2 is 1.50 bits per heavy atom. The number of hydrogen-bond acceptors (Lipinski definition) is 8. The number of phenolic OH excluding ortho intramolecular Hbond substituents is 1. The van der Waals surface area contributed by atoms with Crippen molar-refractivity contribution in [3.8, 4) is 5.75 Å². The first kappa shape index (κ1) is 34.5. The molecule has 40 heavy (non-hydrogen) atoms. The van der Waals surface area contributed by atoms with E-state index in [-0.39, 0.29) is 37.0 Å². The van der Waals surface area contributed by atoms with E-state index >= 15 is 0 Å². The summed E-state index contributed by atoms with van der Waals surface area (Å²) in [5, 5.41) is 27.0. The van der Waals surface area contributed by atoms with Crippen molar-refractivity contribution in [3.05, 3.63) is 29.8 Å². The molecule has 14 heteroatoms. The van der Waals surface area contributed by atoms with Gasteiger partial charge in [0.1, 0.15) is 23.9 Å². The van der Waals surface area contributed by atoms with Gasteiger partial charge in [-0.05, 0) is 61.3 Å². The van der Waals surface area contributed by atoms with Gasteiger partial charge in [-0.1, -0.05) is 26.0 Å². The highest BCUT2D eigenvalue weighted by Crippen LogP contribution is 2.12. The number of nitrogens with two attached hydrogens (primary N) is 3. The minimum atomic E-state index is -1.30. The van der Waals surface area contributed by atoms with E-state index in [0.29, 0.717) is 30.6 Å². The van der Waals surface area contributed by atoms with Crippen LogP contribution < -0.4 is 33.2 Å². The first-order chi connectivity index (χ1) is 18.8. The number of carboxylic acid groups (broad SMARTS) is 1. The lowest BCUT2D eigenvalue weighted by atomic mass is 10.0. The lowest BCUT2D eigenvalue weighted by molar-refractivity contribution is -0.142. The molecule has 4 unspecified atom stereocenters. The highest BCUT2D eigenvalue weighted by atomic mass is 32.2. The number of amides is 3. The van der Waals surface area contributed by atoms with E-state index in [1.165, 1.54) is 12.1 Å². The topological polar surface area (TPSA) is 235 Å². The number of benzene rings is 1. The van der Waals surface area contributed by atoms with Crippen LogP contribution in [0, 0.1) is 5.92 Å².